The van der Waals surface area contributed by atoms with Gasteiger partial charge in [0.1, 0.15) is 32.7 Å². The molecule has 34 heteroatoms. The Morgan fingerprint density at radius 3 is 0.906 bits per heavy atom. The molecule has 1 N–H and O–H groups in total. The van der Waals surface area contributed by atoms with Crippen LogP contribution < -0.4 is 43.8 Å². The first-order valence-corrected chi connectivity index (χ1v) is 48.1. The molecule has 0 amide bonds. The van der Waals surface area contributed by atoms with Gasteiger partial charge in [-0.2, -0.15) is 28.8 Å². The van der Waals surface area contributed by atoms with Crippen LogP contribution in [0, 0.1) is 11.8 Å². The Bertz CT molecular complexity index is 3420. The van der Waals surface area contributed by atoms with E-state index in [4.69, 9.17) is 84.3 Å². The van der Waals surface area contributed by atoms with E-state index >= 15 is 0 Å². The Morgan fingerprint density at radius 2 is 0.689 bits per heavy atom. The summed E-state index contributed by atoms with van der Waals surface area (Å²) in [6, 6.07) is 57.9. The maximum atomic E-state index is 12.7. The number of para-hydroxylation sites is 1. The van der Waals surface area contributed by atoms with Crippen molar-refractivity contribution in [3.63, 3.8) is 0 Å². The van der Waals surface area contributed by atoms with Crippen molar-refractivity contribution in [2.24, 2.45) is 11.8 Å². The van der Waals surface area contributed by atoms with E-state index in [1.807, 2.05) is 178 Å². The summed E-state index contributed by atoms with van der Waals surface area (Å²) < 4.78 is 109. The van der Waals surface area contributed by atoms with Crippen molar-refractivity contribution < 1.29 is 133 Å². The first-order valence-electron chi connectivity index (χ1n) is 32.4. The smallest absolute Gasteiger partial charge is 0.798 e. The topological polar surface area (TPSA) is 339 Å². The van der Waals surface area contributed by atoms with E-state index in [0.29, 0.717) is 69.4 Å². The van der Waals surface area contributed by atoms with Crippen molar-refractivity contribution in [2.75, 3.05) is 83.5 Å². The molecule has 0 aromatic heterocycles. The van der Waals surface area contributed by atoms with Gasteiger partial charge in [-0.3, -0.25) is 14.2 Å². The number of ether oxygens (including phenoxy) is 5. The fourth-order valence-electron chi connectivity index (χ4n) is 7.40. The molecule has 9 atom stereocenters. The van der Waals surface area contributed by atoms with Crippen molar-refractivity contribution >= 4 is 118 Å². The van der Waals surface area contributed by atoms with Gasteiger partial charge in [0, 0.05) is 39.1 Å². The summed E-state index contributed by atoms with van der Waals surface area (Å²) in [7, 11) is -14.2. The molecule has 106 heavy (non-hydrogen) atoms. The molecule has 6 aromatic carbocycles. The van der Waals surface area contributed by atoms with Crippen LogP contribution in [0.3, 0.4) is 0 Å². The number of hydrogen-bond acceptors (Lipinski definition) is 23. The van der Waals surface area contributed by atoms with Crippen LogP contribution in [0.15, 0.2) is 182 Å². The largest absolute Gasteiger partial charge is 1.00 e. The third kappa shape index (κ3) is 73.9. The minimum absolute atomic E-state index is 0. The summed E-state index contributed by atoms with van der Waals surface area (Å²) in [6.07, 6.45) is 6.30. The summed E-state index contributed by atoms with van der Waals surface area (Å²) in [5.41, 5.74) is 5.28. The van der Waals surface area contributed by atoms with Crippen molar-refractivity contribution in [1.29, 1.82) is 0 Å². The average molecular weight is 1680 g/mol. The molecule has 0 spiro atoms. The van der Waals surface area contributed by atoms with Gasteiger partial charge < -0.3 is 51.4 Å². The summed E-state index contributed by atoms with van der Waals surface area (Å²) >= 11 is 19.7. The van der Waals surface area contributed by atoms with Crippen molar-refractivity contribution in [3.8, 4) is 5.75 Å². The number of nitrogens with one attached hydrogen (secondary N) is 1. The minimum atomic E-state index is -3.50. The van der Waals surface area contributed by atoms with Gasteiger partial charge in [0.05, 0.1) is 58.2 Å². The molecule has 0 saturated carbocycles. The van der Waals surface area contributed by atoms with Gasteiger partial charge >= 0.3 is 66.1 Å². The molecule has 0 heterocycles. The molecule has 0 aliphatic rings. The Balaban J connectivity index is -0.000000379. The van der Waals surface area contributed by atoms with Crippen LogP contribution in [0.2, 0.25) is 0 Å². The first-order chi connectivity index (χ1) is 49.3. The summed E-state index contributed by atoms with van der Waals surface area (Å²) in [5, 5.41) is -2.28. The van der Waals surface area contributed by atoms with E-state index in [1.165, 1.54) is 20.0 Å². The Labute approximate surface area is 668 Å². The molecule has 0 radical (unpaired) electrons. The van der Waals surface area contributed by atoms with E-state index < -0.39 is 53.6 Å². The molecule has 4 unspecified atom stereocenters. The van der Waals surface area contributed by atoms with Gasteiger partial charge in [0.15, 0.2) is 6.49 Å². The second-order valence-electron chi connectivity index (χ2n) is 23.4. The van der Waals surface area contributed by atoms with Crippen LogP contribution >= 0.6 is 89.3 Å². The number of benzene rings is 6. The number of halogens is 4. The van der Waals surface area contributed by atoms with Gasteiger partial charge in [-0.1, -0.05) is 235 Å². The van der Waals surface area contributed by atoms with E-state index in [1.54, 1.807) is 31.2 Å². The van der Waals surface area contributed by atoms with Crippen LogP contribution in [0.25, 0.3) is 0 Å². The van der Waals surface area contributed by atoms with Crippen LogP contribution in [0.5, 0.6) is 5.75 Å². The monoisotopic (exact) mass is 1680 g/mol. The Hall–Kier alpha value is -4.18. The predicted octanol–water partition coefficient (Wildman–Crippen LogP) is 15.8. The number of carbonyl (C=O) groups excluding carboxylic acids is 8. The molecule has 0 aliphatic carbocycles. The molecule has 23 nitrogen and oxygen atoms in total. The normalized spacial score (nSPS) is 14.1. The number of hydrogen-bond donors (Lipinski definition) is 1. The van der Waals surface area contributed by atoms with Crippen molar-refractivity contribution in [1.82, 2.24) is 4.84 Å². The molecule has 6 aromatic rings. The second kappa shape index (κ2) is 67.7. The van der Waals surface area contributed by atoms with Crippen LogP contribution in [0.4, 0.5) is 0 Å². The molecule has 0 saturated heterocycles. The maximum Gasteiger partial charge on any atom is 1.00 e. The number of carbonyl (C=O) groups is 2. The zero-order chi connectivity index (χ0) is 80.7. The summed E-state index contributed by atoms with van der Waals surface area (Å²) in [5.74, 6) is 1.46. The van der Waals surface area contributed by atoms with E-state index in [0.717, 1.165) is 59.4 Å². The van der Waals surface area contributed by atoms with Crippen LogP contribution in [-0.4, -0.2) is 119 Å². The second-order valence-corrected chi connectivity index (χ2v) is 42.4. The van der Waals surface area contributed by atoms with E-state index in [2.05, 4.69) is 62.7 Å². The third-order valence-electron chi connectivity index (χ3n) is 12.7. The van der Waals surface area contributed by atoms with Gasteiger partial charge in [-0.15, -0.1) is 0 Å². The fourth-order valence-corrected chi connectivity index (χ4v) is 16.8. The molecule has 0 bridgehead atoms. The predicted molar refractivity (Wildman–Crippen MR) is 414 cm³/mol. The van der Waals surface area contributed by atoms with Crippen molar-refractivity contribution in [2.45, 2.75) is 107 Å². The van der Waals surface area contributed by atoms with E-state index in [9.17, 15) is 41.9 Å². The Kier molecular flexibility index (Phi) is 70.5. The van der Waals surface area contributed by atoms with Crippen LogP contribution in [0.1, 0.15) is 95.5 Å². The third-order valence-corrected chi connectivity index (χ3v) is 23.6. The molecular formula is C72H102Cl4NNaO22P6. The molecule has 586 valence electrons. The van der Waals surface area contributed by atoms with Crippen molar-refractivity contribution in [3.05, 3.63) is 210 Å². The molecule has 6 rings (SSSR count). The quantitative estimate of drug-likeness (QED) is 0.0129. The van der Waals surface area contributed by atoms with E-state index in [-0.39, 0.29) is 73.2 Å². The van der Waals surface area contributed by atoms with Gasteiger partial charge in [0.25, 0.3) is 0 Å². The molecule has 0 fully saturated rings. The summed E-state index contributed by atoms with van der Waals surface area (Å²) in [4.78, 5) is 80.9. The number of rotatable bonds is 34. The summed E-state index contributed by atoms with van der Waals surface area (Å²) in [6.45, 7) is 21.8. The standard InChI is InChI=1S/C17H22O5P2.2C14H23O2P.C9H12ClO2P.C9H13O3P.C4H10ClN.C2Cl2O2.3CO2.Na/c1-3-24(19,21-17-12-8-5-9-13-17)22-23(2,18)15-20-14-16-10-6-4-7-11-16;2*1-4-13(2)11-17(3,15)12-16-10-14-8-6-5-7-9-14;2*1-13(10,11)8-12-7-9-5-3-2-4-6-9;1-3-4(2)6-5;3-1(5)2(4)6;3*2-1-3;/h4-13H,3,14-15H2,1-2H3;2*5-9,13H,4,10-12H2,1-3H3;2-6H,7-8H2,1H3;2-6H,7-8H2,1H3,(H,10,11);4,6H,3H2,1-2H3;;;;;/q;;;;;;;;;;+1/p-1/t;2*13-,17+;;;4-;;;;;/m.00..0...../s1. The average Bonchev–Trinajstić information content (AvgIpc) is 0.838. The van der Waals surface area contributed by atoms with Gasteiger partial charge in [-0.05, 0) is 120 Å². The first kappa shape index (κ1) is 110. The van der Waals surface area contributed by atoms with Gasteiger partial charge in [-0.25, -0.2) is 13.7 Å². The zero-order valence-corrected chi connectivity index (χ0v) is 72.9. The maximum absolute atomic E-state index is 12.7. The molecular weight excluding hydrogens is 1580 g/mol. The Morgan fingerprint density at radius 1 is 0.434 bits per heavy atom. The SMILES string of the molecule is CCP(=O)(Oc1ccccc1)OP(C)(=O)COCc1ccccc1.CC[C@H](C)C[P@@](C)(=O)COCc1ccccc1.CC[C@H](C)C[P@@](C)(=O)COCc1ccccc1.CC[C@H](C)NCl.CP(=O)(Cl)COCc1ccccc1.CP(=O)([O-])COCc1ccccc1.O=C(Cl)C(=O)Cl.O=C=O.O=C=O.O=C=O.[Na+]. The zero-order valence-electron chi connectivity index (χ0n) is 62.5. The fraction of sp³-hybridized carbons (Fsp3) is 0.431. The minimum Gasteiger partial charge on any atom is -0.798 e. The van der Waals surface area contributed by atoms with Gasteiger partial charge in [0.2, 0.25) is 7.37 Å². The molecule has 0 aliphatic heterocycles. The van der Waals surface area contributed by atoms with Crippen LogP contribution in [-0.2, 0) is 127 Å².